The minimum Gasteiger partial charge on any atom is -0.496 e. The molecule has 0 unspecified atom stereocenters. The Balaban J connectivity index is 1.59. The lowest BCUT2D eigenvalue weighted by molar-refractivity contribution is -0.734. The Bertz CT molecular complexity index is 1230. The maximum absolute atomic E-state index is 13.8. The molecule has 3 heterocycles. The van der Waals surface area contributed by atoms with E-state index in [2.05, 4.69) is 5.32 Å². The predicted octanol–water partition coefficient (Wildman–Crippen LogP) is 0.509. The largest absolute Gasteiger partial charge is 0.496 e. The van der Waals surface area contributed by atoms with Crippen molar-refractivity contribution in [3.63, 3.8) is 0 Å². The standard InChI is InChI=1S/C24H23ClN4O5/c1-34-17-5-3-2-4-12(17)11-29-21(31)19-16(8-9-18(26)30)28-24(20(19)22(29)32)14-10-13(25)6-7-15(14)27-23(24)33/h2-7,10,16,19-20,28H,8-9,11H2,1H3,(H2,26,30)(H,27,33)/p+1/t16-,19-,20-,24-/m0/s1. The molecule has 2 aromatic carbocycles. The molecular formula is C24H24ClN4O5+. The number of nitrogens with two attached hydrogens (primary N) is 2. The van der Waals surface area contributed by atoms with Crippen LogP contribution in [0.15, 0.2) is 42.5 Å². The Morgan fingerprint density at radius 3 is 2.71 bits per heavy atom. The van der Waals surface area contributed by atoms with Crippen molar-refractivity contribution in [1.29, 1.82) is 0 Å². The molecule has 0 saturated carbocycles. The maximum atomic E-state index is 13.8. The fourth-order valence-electron chi connectivity index (χ4n) is 5.73. The van der Waals surface area contributed by atoms with Crippen LogP contribution < -0.4 is 21.1 Å². The first-order chi connectivity index (χ1) is 16.3. The van der Waals surface area contributed by atoms with Gasteiger partial charge in [0.15, 0.2) is 0 Å². The number of nitrogens with one attached hydrogen (secondary N) is 1. The number of amides is 4. The molecule has 0 aliphatic carbocycles. The molecule has 9 nitrogen and oxygen atoms in total. The van der Waals surface area contributed by atoms with Gasteiger partial charge >= 0.3 is 0 Å². The normalized spacial score (nSPS) is 27.2. The van der Waals surface area contributed by atoms with Gasteiger partial charge in [-0.2, -0.15) is 0 Å². The number of carbonyl (C=O) groups excluding carboxylic acids is 4. The molecule has 0 radical (unpaired) electrons. The number of hydrogen-bond donors (Lipinski definition) is 3. The van der Waals surface area contributed by atoms with E-state index in [0.717, 1.165) is 0 Å². The fourth-order valence-corrected chi connectivity index (χ4v) is 5.90. The van der Waals surface area contributed by atoms with E-state index in [1.807, 2.05) is 0 Å². The number of methoxy groups -OCH3 is 1. The predicted molar refractivity (Wildman–Crippen MR) is 121 cm³/mol. The third kappa shape index (κ3) is 3.19. The number of imide groups is 1. The monoisotopic (exact) mass is 483 g/mol. The van der Waals surface area contributed by atoms with Crippen LogP contribution in [0.5, 0.6) is 5.75 Å². The minimum atomic E-state index is -1.35. The summed E-state index contributed by atoms with van der Waals surface area (Å²) in [5.41, 5.74) is 5.83. The molecule has 176 valence electrons. The van der Waals surface area contributed by atoms with Crippen molar-refractivity contribution in [2.45, 2.75) is 31.0 Å². The molecule has 10 heteroatoms. The molecule has 5 rings (SSSR count). The summed E-state index contributed by atoms with van der Waals surface area (Å²) in [6.07, 6.45) is 0.307. The second-order valence-electron chi connectivity index (χ2n) is 8.93. The van der Waals surface area contributed by atoms with Gasteiger partial charge in [-0.25, -0.2) is 0 Å². The molecule has 34 heavy (non-hydrogen) atoms. The van der Waals surface area contributed by atoms with E-state index in [-0.39, 0.29) is 31.2 Å². The smallest absolute Gasteiger partial charge is 0.291 e. The van der Waals surface area contributed by atoms with Crippen molar-refractivity contribution in [1.82, 2.24) is 4.90 Å². The molecule has 3 aliphatic rings. The highest BCUT2D eigenvalue weighted by atomic mass is 35.5. The number of fused-ring (bicyclic) bond motifs is 4. The highest BCUT2D eigenvalue weighted by Crippen LogP contribution is 2.50. The molecule has 0 bridgehead atoms. The Kier molecular flexibility index (Phi) is 5.33. The van der Waals surface area contributed by atoms with Gasteiger partial charge in [-0.1, -0.05) is 29.8 Å². The van der Waals surface area contributed by atoms with Crippen molar-refractivity contribution >= 4 is 40.9 Å². The van der Waals surface area contributed by atoms with E-state index < -0.39 is 35.2 Å². The fraction of sp³-hybridized carbons (Fsp3) is 0.333. The van der Waals surface area contributed by atoms with Crippen LogP contribution in [0.25, 0.3) is 0 Å². The highest BCUT2D eigenvalue weighted by molar-refractivity contribution is 6.31. The van der Waals surface area contributed by atoms with Crippen LogP contribution in [-0.4, -0.2) is 41.7 Å². The van der Waals surface area contributed by atoms with Gasteiger partial charge in [0.25, 0.3) is 5.91 Å². The van der Waals surface area contributed by atoms with Gasteiger partial charge in [0.1, 0.15) is 23.6 Å². The minimum absolute atomic E-state index is 0.0251. The molecule has 3 aliphatic heterocycles. The molecule has 1 spiro atoms. The first kappa shape index (κ1) is 22.4. The zero-order chi connectivity index (χ0) is 24.2. The van der Waals surface area contributed by atoms with Gasteiger partial charge in [0.2, 0.25) is 23.3 Å². The summed E-state index contributed by atoms with van der Waals surface area (Å²) in [4.78, 5) is 53.6. The Hall–Kier alpha value is -3.43. The lowest BCUT2D eigenvalue weighted by Gasteiger charge is -2.26. The summed E-state index contributed by atoms with van der Waals surface area (Å²) < 4.78 is 5.39. The van der Waals surface area contributed by atoms with Gasteiger partial charge in [-0.05, 0) is 24.3 Å². The van der Waals surface area contributed by atoms with Crippen LogP contribution in [0.3, 0.4) is 0 Å². The lowest BCUT2D eigenvalue weighted by Crippen LogP contribution is -2.99. The number of carbonyl (C=O) groups is 4. The number of benzene rings is 2. The zero-order valence-electron chi connectivity index (χ0n) is 18.4. The van der Waals surface area contributed by atoms with Crippen LogP contribution >= 0.6 is 11.6 Å². The van der Waals surface area contributed by atoms with Crippen molar-refractivity contribution in [3.8, 4) is 5.75 Å². The van der Waals surface area contributed by atoms with E-state index >= 15 is 0 Å². The van der Waals surface area contributed by atoms with Crippen LogP contribution in [-0.2, 0) is 31.3 Å². The van der Waals surface area contributed by atoms with E-state index in [0.29, 0.717) is 27.6 Å². The number of nitrogens with zero attached hydrogens (tertiary/aromatic N) is 1. The molecule has 2 saturated heterocycles. The number of quaternary nitrogens is 1. The van der Waals surface area contributed by atoms with Gasteiger partial charge < -0.3 is 21.1 Å². The summed E-state index contributed by atoms with van der Waals surface area (Å²) in [5, 5.41) is 5.03. The molecular weight excluding hydrogens is 460 g/mol. The summed E-state index contributed by atoms with van der Waals surface area (Å²) >= 11 is 6.26. The highest BCUT2D eigenvalue weighted by Gasteiger charge is 2.74. The summed E-state index contributed by atoms with van der Waals surface area (Å²) in [6, 6.07) is 11.7. The van der Waals surface area contributed by atoms with E-state index in [1.54, 1.807) is 47.8 Å². The van der Waals surface area contributed by atoms with Crippen LogP contribution in [0.1, 0.15) is 24.0 Å². The van der Waals surface area contributed by atoms with E-state index in [1.165, 1.54) is 12.0 Å². The van der Waals surface area contributed by atoms with Gasteiger partial charge in [-0.3, -0.25) is 24.1 Å². The summed E-state index contributed by atoms with van der Waals surface area (Å²) in [6.45, 7) is 0.0251. The maximum Gasteiger partial charge on any atom is 0.291 e. The van der Waals surface area contributed by atoms with Crippen LogP contribution in [0, 0.1) is 11.8 Å². The third-order valence-corrected chi connectivity index (χ3v) is 7.40. The third-order valence-electron chi connectivity index (χ3n) is 7.17. The van der Waals surface area contributed by atoms with Crippen molar-refractivity contribution in [3.05, 3.63) is 58.6 Å². The second kappa shape index (κ2) is 8.11. The summed E-state index contributed by atoms with van der Waals surface area (Å²) in [7, 11) is 1.52. The Morgan fingerprint density at radius 1 is 1.21 bits per heavy atom. The SMILES string of the molecule is COc1ccccc1CN1C(=O)[C@H]2[C@H](CCC(N)=O)[NH2+][C@]3(C(=O)Nc4ccc(Cl)cc43)[C@@H]2C1=O. The molecule has 2 aromatic rings. The van der Waals surface area contributed by atoms with Gasteiger partial charge in [0, 0.05) is 29.0 Å². The van der Waals surface area contributed by atoms with E-state index in [4.69, 9.17) is 22.1 Å². The van der Waals surface area contributed by atoms with Gasteiger partial charge in [-0.15, -0.1) is 0 Å². The number of ether oxygens (including phenoxy) is 1. The van der Waals surface area contributed by atoms with Crippen LogP contribution in [0.2, 0.25) is 5.02 Å². The van der Waals surface area contributed by atoms with E-state index in [9.17, 15) is 19.2 Å². The Labute approximate surface area is 200 Å². The number of likely N-dealkylation sites (tertiary alicyclic amines) is 1. The Morgan fingerprint density at radius 2 is 1.97 bits per heavy atom. The topological polar surface area (TPSA) is 135 Å². The number of primary amides is 1. The molecule has 0 aromatic heterocycles. The number of hydrogen-bond acceptors (Lipinski definition) is 5. The first-order valence-electron chi connectivity index (χ1n) is 11.0. The van der Waals surface area contributed by atoms with Gasteiger partial charge in [0.05, 0.1) is 19.3 Å². The number of halogens is 1. The quantitative estimate of drug-likeness (QED) is 0.514. The first-order valence-corrected chi connectivity index (χ1v) is 11.4. The van der Waals surface area contributed by atoms with Crippen molar-refractivity contribution < 1.29 is 29.2 Å². The van der Waals surface area contributed by atoms with Crippen molar-refractivity contribution in [2.75, 3.05) is 12.4 Å². The van der Waals surface area contributed by atoms with Crippen molar-refractivity contribution in [2.24, 2.45) is 17.6 Å². The number of anilines is 1. The number of para-hydroxylation sites is 1. The average molecular weight is 484 g/mol. The average Bonchev–Trinajstić information content (AvgIpc) is 3.39. The van der Waals surface area contributed by atoms with Crippen LogP contribution in [0.4, 0.5) is 5.69 Å². The second-order valence-corrected chi connectivity index (χ2v) is 9.36. The number of rotatable bonds is 6. The lowest BCUT2D eigenvalue weighted by atomic mass is 9.76. The molecule has 5 N–H and O–H groups in total. The molecule has 4 amide bonds. The molecule has 2 fully saturated rings. The summed E-state index contributed by atoms with van der Waals surface area (Å²) in [5.74, 6) is -2.84. The zero-order valence-corrected chi connectivity index (χ0v) is 19.2. The molecule has 4 atom stereocenters.